The van der Waals surface area contributed by atoms with E-state index >= 15 is 0 Å². The van der Waals surface area contributed by atoms with Crippen LogP contribution in [-0.2, 0) is 9.47 Å². The molecule has 4 nitrogen and oxygen atoms in total. The summed E-state index contributed by atoms with van der Waals surface area (Å²) in [5.74, 6) is 0.239. The van der Waals surface area contributed by atoms with Gasteiger partial charge >= 0.3 is 0 Å². The Balaban J connectivity index is 1.80. The zero-order chi connectivity index (χ0) is 13.2. The van der Waals surface area contributed by atoms with E-state index in [1.807, 2.05) is 6.92 Å². The van der Waals surface area contributed by atoms with Gasteiger partial charge in [0.25, 0.3) is 0 Å². The Morgan fingerprint density at radius 1 is 1.44 bits per heavy atom. The molecule has 3 atom stereocenters. The Morgan fingerprint density at radius 2 is 2.22 bits per heavy atom. The molecule has 2 heterocycles. The molecule has 0 spiro atoms. The smallest absolute Gasteiger partial charge is 0.166 e. The third-order valence-corrected chi connectivity index (χ3v) is 4.15. The minimum absolute atomic E-state index is 0.0719. The second-order valence-corrected chi connectivity index (χ2v) is 6.14. The van der Waals surface area contributed by atoms with E-state index in [4.69, 9.17) is 14.6 Å². The number of aliphatic hydroxyl groups excluding tert-OH is 1. The molecule has 0 saturated carbocycles. The van der Waals surface area contributed by atoms with Crippen molar-refractivity contribution in [3.05, 3.63) is 0 Å². The summed E-state index contributed by atoms with van der Waals surface area (Å²) < 4.78 is 11.8. The van der Waals surface area contributed by atoms with E-state index in [9.17, 15) is 0 Å². The number of likely N-dealkylation sites (tertiary alicyclic amines) is 1. The SMILES string of the molecule is CC(C)N1CCC(CC2(C)OCC(CCO)O2)C1. The van der Waals surface area contributed by atoms with Crippen LogP contribution in [0.5, 0.6) is 0 Å². The van der Waals surface area contributed by atoms with Gasteiger partial charge in [-0.1, -0.05) is 0 Å². The van der Waals surface area contributed by atoms with E-state index in [0.29, 0.717) is 25.0 Å². The molecule has 2 aliphatic heterocycles. The van der Waals surface area contributed by atoms with Crippen molar-refractivity contribution in [1.29, 1.82) is 0 Å². The van der Waals surface area contributed by atoms with Crippen LogP contribution in [0.15, 0.2) is 0 Å². The molecule has 1 N–H and O–H groups in total. The molecule has 18 heavy (non-hydrogen) atoms. The quantitative estimate of drug-likeness (QED) is 0.812. The first-order valence-corrected chi connectivity index (χ1v) is 7.19. The van der Waals surface area contributed by atoms with Crippen LogP contribution >= 0.6 is 0 Å². The molecule has 0 aromatic carbocycles. The van der Waals surface area contributed by atoms with E-state index in [2.05, 4.69) is 18.7 Å². The second-order valence-electron chi connectivity index (χ2n) is 6.14. The lowest BCUT2D eigenvalue weighted by molar-refractivity contribution is -0.166. The van der Waals surface area contributed by atoms with E-state index in [-0.39, 0.29) is 12.7 Å². The summed E-state index contributed by atoms with van der Waals surface area (Å²) in [7, 11) is 0. The van der Waals surface area contributed by atoms with Crippen molar-refractivity contribution in [3.8, 4) is 0 Å². The summed E-state index contributed by atoms with van der Waals surface area (Å²) in [6, 6.07) is 0.635. The van der Waals surface area contributed by atoms with Gasteiger partial charge in [-0.15, -0.1) is 0 Å². The normalized spacial score (nSPS) is 37.8. The molecule has 0 bridgehead atoms. The number of rotatable bonds is 5. The molecule has 0 radical (unpaired) electrons. The summed E-state index contributed by atoms with van der Waals surface area (Å²) in [5, 5.41) is 8.93. The van der Waals surface area contributed by atoms with Crippen LogP contribution in [0.25, 0.3) is 0 Å². The molecule has 2 fully saturated rings. The van der Waals surface area contributed by atoms with E-state index in [0.717, 1.165) is 13.0 Å². The van der Waals surface area contributed by atoms with Crippen LogP contribution in [0.4, 0.5) is 0 Å². The zero-order valence-electron chi connectivity index (χ0n) is 11.9. The first-order chi connectivity index (χ1) is 8.52. The third kappa shape index (κ3) is 3.44. The lowest BCUT2D eigenvalue weighted by atomic mass is 9.99. The minimum atomic E-state index is -0.433. The van der Waals surface area contributed by atoms with Crippen LogP contribution in [0, 0.1) is 5.92 Å². The van der Waals surface area contributed by atoms with E-state index in [1.165, 1.54) is 13.0 Å². The molecular weight excluding hydrogens is 230 g/mol. The standard InChI is InChI=1S/C14H27NO3/c1-11(2)15-6-4-12(9-15)8-14(3)17-10-13(18-14)5-7-16/h11-13,16H,4-10H2,1-3H3. The Bertz CT molecular complexity index is 272. The van der Waals surface area contributed by atoms with E-state index in [1.54, 1.807) is 0 Å². The van der Waals surface area contributed by atoms with Gasteiger partial charge < -0.3 is 19.5 Å². The average Bonchev–Trinajstić information content (AvgIpc) is 2.87. The maximum absolute atomic E-state index is 8.93. The average molecular weight is 257 g/mol. The van der Waals surface area contributed by atoms with Crippen LogP contribution in [0.1, 0.15) is 40.0 Å². The summed E-state index contributed by atoms with van der Waals surface area (Å²) in [6.07, 6.45) is 2.96. The van der Waals surface area contributed by atoms with Crippen molar-refractivity contribution >= 4 is 0 Å². The van der Waals surface area contributed by atoms with Gasteiger partial charge in [0.05, 0.1) is 12.7 Å². The van der Waals surface area contributed by atoms with Gasteiger partial charge in [0.1, 0.15) is 0 Å². The molecule has 4 heteroatoms. The van der Waals surface area contributed by atoms with Crippen LogP contribution in [-0.4, -0.2) is 54.2 Å². The molecule has 0 aliphatic carbocycles. The Morgan fingerprint density at radius 3 is 2.83 bits per heavy atom. The fraction of sp³-hybridized carbons (Fsp3) is 1.00. The van der Waals surface area contributed by atoms with Gasteiger partial charge in [-0.3, -0.25) is 0 Å². The summed E-state index contributed by atoms with van der Waals surface area (Å²) in [5.41, 5.74) is 0. The molecule has 106 valence electrons. The Labute approximate surface area is 110 Å². The predicted molar refractivity (Wildman–Crippen MR) is 70.4 cm³/mol. The third-order valence-electron chi connectivity index (χ3n) is 4.15. The maximum atomic E-state index is 8.93. The fourth-order valence-corrected chi connectivity index (χ4v) is 3.11. The van der Waals surface area contributed by atoms with Crippen LogP contribution in [0.3, 0.4) is 0 Å². The molecule has 2 rings (SSSR count). The Hall–Kier alpha value is -0.160. The lowest BCUT2D eigenvalue weighted by Gasteiger charge is -2.27. The van der Waals surface area contributed by atoms with Gasteiger partial charge in [0, 0.05) is 25.6 Å². The summed E-state index contributed by atoms with van der Waals surface area (Å²) in [4.78, 5) is 2.52. The second kappa shape index (κ2) is 5.87. The van der Waals surface area contributed by atoms with Crippen molar-refractivity contribution < 1.29 is 14.6 Å². The highest BCUT2D eigenvalue weighted by molar-refractivity contribution is 4.84. The molecule has 0 aromatic heterocycles. The van der Waals surface area contributed by atoms with Crippen molar-refractivity contribution in [2.24, 2.45) is 5.92 Å². The van der Waals surface area contributed by atoms with Gasteiger partial charge in [-0.05, 0) is 46.1 Å². The molecule has 0 amide bonds. The van der Waals surface area contributed by atoms with Crippen molar-refractivity contribution in [2.75, 3.05) is 26.3 Å². The number of aliphatic hydroxyl groups is 1. The van der Waals surface area contributed by atoms with Gasteiger partial charge in [-0.2, -0.15) is 0 Å². The number of ether oxygens (including phenoxy) is 2. The largest absolute Gasteiger partial charge is 0.396 e. The number of hydrogen-bond donors (Lipinski definition) is 1. The van der Waals surface area contributed by atoms with Crippen molar-refractivity contribution in [2.45, 2.75) is 58.0 Å². The predicted octanol–water partition coefficient (Wildman–Crippen LogP) is 1.62. The summed E-state index contributed by atoms with van der Waals surface area (Å²) in [6.45, 7) is 9.70. The number of nitrogens with zero attached hydrogens (tertiary/aromatic N) is 1. The highest BCUT2D eigenvalue weighted by Crippen LogP contribution is 2.34. The van der Waals surface area contributed by atoms with E-state index < -0.39 is 5.79 Å². The fourth-order valence-electron chi connectivity index (χ4n) is 3.11. The summed E-state index contributed by atoms with van der Waals surface area (Å²) >= 11 is 0. The van der Waals surface area contributed by atoms with Crippen molar-refractivity contribution in [3.63, 3.8) is 0 Å². The molecule has 0 aromatic rings. The molecule has 2 aliphatic rings. The molecule has 2 saturated heterocycles. The van der Waals surface area contributed by atoms with Gasteiger partial charge in [-0.25, -0.2) is 0 Å². The topological polar surface area (TPSA) is 41.9 Å². The zero-order valence-corrected chi connectivity index (χ0v) is 11.9. The lowest BCUT2D eigenvalue weighted by Crippen LogP contribution is -2.32. The molecular formula is C14H27NO3. The minimum Gasteiger partial charge on any atom is -0.396 e. The number of hydrogen-bond acceptors (Lipinski definition) is 4. The maximum Gasteiger partial charge on any atom is 0.166 e. The Kier molecular flexibility index (Phi) is 4.64. The molecule has 3 unspecified atom stereocenters. The van der Waals surface area contributed by atoms with Crippen LogP contribution in [0.2, 0.25) is 0 Å². The van der Waals surface area contributed by atoms with Gasteiger partial charge in [0.2, 0.25) is 0 Å². The van der Waals surface area contributed by atoms with Crippen LogP contribution < -0.4 is 0 Å². The first kappa shape index (κ1) is 14.3. The highest BCUT2D eigenvalue weighted by Gasteiger charge is 2.40. The van der Waals surface area contributed by atoms with Gasteiger partial charge in [0.15, 0.2) is 5.79 Å². The first-order valence-electron chi connectivity index (χ1n) is 7.19. The highest BCUT2D eigenvalue weighted by atomic mass is 16.7. The monoisotopic (exact) mass is 257 g/mol. The van der Waals surface area contributed by atoms with Crippen molar-refractivity contribution in [1.82, 2.24) is 4.90 Å².